The Hall–Kier alpha value is -1.56. The lowest BCUT2D eigenvalue weighted by molar-refractivity contribution is -0.138. The van der Waals surface area contributed by atoms with E-state index in [0.29, 0.717) is 24.9 Å². The highest BCUT2D eigenvalue weighted by Crippen LogP contribution is 2.29. The van der Waals surface area contributed by atoms with Gasteiger partial charge in [0.05, 0.1) is 5.56 Å². The van der Waals surface area contributed by atoms with E-state index >= 15 is 0 Å². The molecule has 0 aliphatic rings. The number of nitrogens with one attached hydrogen (secondary N) is 1. The summed E-state index contributed by atoms with van der Waals surface area (Å²) in [4.78, 5) is 10.3. The quantitative estimate of drug-likeness (QED) is 0.687. The van der Waals surface area contributed by atoms with Gasteiger partial charge >= 0.3 is 12.1 Å². The number of unbranched alkanes of at least 4 members (excludes halogenated alkanes) is 2. The molecule has 6 heteroatoms. The van der Waals surface area contributed by atoms with Crippen LogP contribution in [-0.2, 0) is 17.4 Å². The maximum atomic E-state index is 12.5. The molecule has 1 aromatic rings. The number of carboxylic acids is 1. The van der Waals surface area contributed by atoms with Gasteiger partial charge in [0, 0.05) is 6.42 Å². The van der Waals surface area contributed by atoms with E-state index in [0.717, 1.165) is 25.5 Å². The summed E-state index contributed by atoms with van der Waals surface area (Å²) < 4.78 is 37.6. The van der Waals surface area contributed by atoms with Crippen molar-refractivity contribution in [3.05, 3.63) is 35.4 Å². The summed E-state index contributed by atoms with van der Waals surface area (Å²) in [6, 6.07) is 5.35. The maximum absolute atomic E-state index is 12.5. The molecule has 0 aliphatic carbocycles. The average molecular weight is 303 g/mol. The molecule has 118 valence electrons. The van der Waals surface area contributed by atoms with Crippen LogP contribution in [0.3, 0.4) is 0 Å². The third kappa shape index (κ3) is 7.70. The minimum Gasteiger partial charge on any atom is -0.481 e. The predicted molar refractivity (Wildman–Crippen MR) is 74.1 cm³/mol. The third-order valence-corrected chi connectivity index (χ3v) is 3.09. The van der Waals surface area contributed by atoms with Crippen molar-refractivity contribution in [2.45, 2.75) is 38.3 Å². The zero-order valence-electron chi connectivity index (χ0n) is 11.7. The lowest BCUT2D eigenvalue weighted by Gasteiger charge is -2.09. The van der Waals surface area contributed by atoms with E-state index in [-0.39, 0.29) is 6.42 Å². The molecule has 21 heavy (non-hydrogen) atoms. The Labute approximate surface area is 122 Å². The molecule has 0 unspecified atom stereocenters. The smallest absolute Gasteiger partial charge is 0.416 e. The van der Waals surface area contributed by atoms with Crippen molar-refractivity contribution in [3.8, 4) is 0 Å². The van der Waals surface area contributed by atoms with Crippen LogP contribution in [0.4, 0.5) is 13.2 Å². The lowest BCUT2D eigenvalue weighted by Crippen LogP contribution is -2.18. The fourth-order valence-corrected chi connectivity index (χ4v) is 1.96. The Balaban J connectivity index is 2.17. The van der Waals surface area contributed by atoms with E-state index in [1.165, 1.54) is 12.1 Å². The first-order valence-electron chi connectivity index (χ1n) is 6.98. The van der Waals surface area contributed by atoms with Crippen molar-refractivity contribution in [2.75, 3.05) is 13.1 Å². The molecule has 0 radical (unpaired) electrons. The van der Waals surface area contributed by atoms with E-state index in [1.54, 1.807) is 6.07 Å². The standard InChI is InChI=1S/C15H20F3NO2/c16-15(17,18)13-6-4-5-12(11-13)8-10-19-9-3-1-2-7-14(20)21/h4-6,11,19H,1-3,7-10H2,(H,20,21). The molecule has 0 heterocycles. The minimum absolute atomic E-state index is 0.185. The SMILES string of the molecule is O=C(O)CCCCCNCCc1cccc(C(F)(F)F)c1. The summed E-state index contributed by atoms with van der Waals surface area (Å²) in [7, 11) is 0. The van der Waals surface area contributed by atoms with Gasteiger partial charge in [0.1, 0.15) is 0 Å². The summed E-state index contributed by atoms with van der Waals surface area (Å²) in [6.45, 7) is 1.36. The van der Waals surface area contributed by atoms with Crippen LogP contribution in [0.1, 0.15) is 36.8 Å². The van der Waals surface area contributed by atoms with Gasteiger partial charge in [0.15, 0.2) is 0 Å². The molecule has 0 spiro atoms. The molecule has 0 fully saturated rings. The van der Waals surface area contributed by atoms with Crippen LogP contribution in [0.25, 0.3) is 0 Å². The molecule has 1 aromatic carbocycles. The number of carbonyl (C=O) groups is 1. The van der Waals surface area contributed by atoms with Crippen molar-refractivity contribution in [2.24, 2.45) is 0 Å². The maximum Gasteiger partial charge on any atom is 0.416 e. The molecule has 0 bridgehead atoms. The fourth-order valence-electron chi connectivity index (χ4n) is 1.96. The number of halogens is 3. The first kappa shape index (κ1) is 17.5. The summed E-state index contributed by atoms with van der Waals surface area (Å²) in [5.41, 5.74) is 0.0388. The Morgan fingerprint density at radius 1 is 1.14 bits per heavy atom. The normalized spacial score (nSPS) is 11.6. The number of hydrogen-bond acceptors (Lipinski definition) is 2. The van der Waals surface area contributed by atoms with Crippen LogP contribution in [-0.4, -0.2) is 24.2 Å². The van der Waals surface area contributed by atoms with E-state index in [9.17, 15) is 18.0 Å². The molecular formula is C15H20F3NO2. The predicted octanol–water partition coefficient (Wildman–Crippen LogP) is 3.48. The van der Waals surface area contributed by atoms with Crippen molar-refractivity contribution in [3.63, 3.8) is 0 Å². The van der Waals surface area contributed by atoms with Gasteiger partial charge in [-0.1, -0.05) is 24.6 Å². The van der Waals surface area contributed by atoms with Crippen molar-refractivity contribution >= 4 is 5.97 Å². The number of aliphatic carboxylic acids is 1. The molecule has 0 atom stereocenters. The zero-order chi connectivity index (χ0) is 15.7. The molecule has 0 aromatic heterocycles. The van der Waals surface area contributed by atoms with E-state index in [2.05, 4.69) is 5.32 Å². The average Bonchev–Trinajstić information content (AvgIpc) is 2.41. The van der Waals surface area contributed by atoms with Gasteiger partial charge in [-0.15, -0.1) is 0 Å². The molecule has 1 rings (SSSR count). The number of benzene rings is 1. The van der Waals surface area contributed by atoms with E-state index < -0.39 is 17.7 Å². The summed E-state index contributed by atoms with van der Waals surface area (Å²) >= 11 is 0. The van der Waals surface area contributed by atoms with Crippen molar-refractivity contribution < 1.29 is 23.1 Å². The summed E-state index contributed by atoms with van der Waals surface area (Å²) in [5, 5.41) is 11.6. The number of rotatable bonds is 9. The molecule has 0 saturated carbocycles. The largest absolute Gasteiger partial charge is 0.481 e. The molecule has 2 N–H and O–H groups in total. The van der Waals surface area contributed by atoms with E-state index in [4.69, 9.17) is 5.11 Å². The van der Waals surface area contributed by atoms with Crippen LogP contribution < -0.4 is 5.32 Å². The fraction of sp³-hybridized carbons (Fsp3) is 0.533. The van der Waals surface area contributed by atoms with Crippen LogP contribution in [0.2, 0.25) is 0 Å². The van der Waals surface area contributed by atoms with Gasteiger partial charge in [-0.05, 0) is 44.0 Å². The zero-order valence-corrected chi connectivity index (χ0v) is 11.7. The van der Waals surface area contributed by atoms with Gasteiger partial charge < -0.3 is 10.4 Å². The molecule has 3 nitrogen and oxygen atoms in total. The van der Waals surface area contributed by atoms with Crippen molar-refractivity contribution in [1.82, 2.24) is 5.32 Å². The molecular weight excluding hydrogens is 283 g/mol. The van der Waals surface area contributed by atoms with Gasteiger partial charge in [0.2, 0.25) is 0 Å². The Bertz CT molecular complexity index is 447. The lowest BCUT2D eigenvalue weighted by atomic mass is 10.1. The second-order valence-corrected chi connectivity index (χ2v) is 4.90. The van der Waals surface area contributed by atoms with Crippen LogP contribution in [0.15, 0.2) is 24.3 Å². The monoisotopic (exact) mass is 303 g/mol. The van der Waals surface area contributed by atoms with Gasteiger partial charge in [0.25, 0.3) is 0 Å². The first-order chi connectivity index (χ1) is 9.89. The van der Waals surface area contributed by atoms with Crippen LogP contribution in [0, 0.1) is 0 Å². The molecule has 0 aliphatic heterocycles. The number of alkyl halides is 3. The second kappa shape index (κ2) is 8.67. The highest BCUT2D eigenvalue weighted by molar-refractivity contribution is 5.66. The summed E-state index contributed by atoms with van der Waals surface area (Å²) in [5.74, 6) is -0.785. The number of hydrogen-bond donors (Lipinski definition) is 2. The highest BCUT2D eigenvalue weighted by Gasteiger charge is 2.30. The molecule has 0 saturated heterocycles. The van der Waals surface area contributed by atoms with Gasteiger partial charge in [-0.2, -0.15) is 13.2 Å². The number of carboxylic acid groups (broad SMARTS) is 1. The Kier molecular flexibility index (Phi) is 7.22. The van der Waals surface area contributed by atoms with Crippen LogP contribution >= 0.6 is 0 Å². The topological polar surface area (TPSA) is 49.3 Å². The second-order valence-electron chi connectivity index (χ2n) is 4.90. The first-order valence-corrected chi connectivity index (χ1v) is 6.98. The minimum atomic E-state index is -4.30. The van der Waals surface area contributed by atoms with Gasteiger partial charge in [-0.3, -0.25) is 4.79 Å². The Morgan fingerprint density at radius 3 is 2.57 bits per heavy atom. The van der Waals surface area contributed by atoms with Crippen molar-refractivity contribution in [1.29, 1.82) is 0 Å². The molecule has 0 amide bonds. The van der Waals surface area contributed by atoms with E-state index in [1.807, 2.05) is 0 Å². The van der Waals surface area contributed by atoms with Gasteiger partial charge in [-0.25, -0.2) is 0 Å². The third-order valence-electron chi connectivity index (χ3n) is 3.09. The van der Waals surface area contributed by atoms with Crippen LogP contribution in [0.5, 0.6) is 0 Å². The highest BCUT2D eigenvalue weighted by atomic mass is 19.4. The Morgan fingerprint density at radius 2 is 1.90 bits per heavy atom. The summed E-state index contributed by atoms with van der Waals surface area (Å²) in [6.07, 6.45) is -1.21.